The molecule has 0 aromatic carbocycles. The van der Waals surface area contributed by atoms with Gasteiger partial charge in [-0.05, 0) is 0 Å². The normalized spacial score (nSPS) is 12.9. The van der Waals surface area contributed by atoms with Gasteiger partial charge in [0, 0.05) is 0 Å². The zero-order valence-electron chi connectivity index (χ0n) is 7.35. The SMILES string of the molecule is CCCCCNC(C[SeH])C(=O)Cl. The summed E-state index contributed by atoms with van der Waals surface area (Å²) in [5.74, 6) is 0. The van der Waals surface area contributed by atoms with E-state index in [0.717, 1.165) is 13.0 Å². The van der Waals surface area contributed by atoms with Crippen LogP contribution >= 0.6 is 11.6 Å². The van der Waals surface area contributed by atoms with Crippen LogP contribution in [0.25, 0.3) is 0 Å². The van der Waals surface area contributed by atoms with Gasteiger partial charge >= 0.3 is 87.1 Å². The molecule has 1 N–H and O–H groups in total. The van der Waals surface area contributed by atoms with Gasteiger partial charge < -0.3 is 0 Å². The van der Waals surface area contributed by atoms with E-state index < -0.39 is 0 Å². The fourth-order valence-corrected chi connectivity index (χ4v) is 1.88. The Morgan fingerprint density at radius 2 is 2.25 bits per heavy atom. The predicted molar refractivity (Wildman–Crippen MR) is 54.1 cm³/mol. The summed E-state index contributed by atoms with van der Waals surface area (Å²) < 4.78 is 0. The Balaban J connectivity index is 3.38. The summed E-state index contributed by atoms with van der Waals surface area (Å²) in [5, 5.41) is 3.53. The summed E-state index contributed by atoms with van der Waals surface area (Å²) in [4.78, 5) is 10.7. The molecule has 0 heterocycles. The number of rotatable bonds is 7. The first-order valence-electron chi connectivity index (χ1n) is 4.26. The van der Waals surface area contributed by atoms with Crippen LogP contribution in [-0.4, -0.2) is 33.8 Å². The van der Waals surface area contributed by atoms with Gasteiger partial charge in [-0.1, -0.05) is 0 Å². The molecule has 1 unspecified atom stereocenters. The molecule has 0 saturated carbocycles. The van der Waals surface area contributed by atoms with Crippen LogP contribution in [0.2, 0.25) is 5.32 Å². The number of carbonyl (C=O) groups is 1. The standard InChI is InChI=1S/C8H16ClNOSe/c1-2-3-4-5-10-7(6-12)8(9)11/h7,10,12H,2-6H2,1H3. The quantitative estimate of drug-likeness (QED) is 0.422. The molecule has 0 aliphatic heterocycles. The molecule has 0 aromatic heterocycles. The van der Waals surface area contributed by atoms with Gasteiger partial charge in [-0.25, -0.2) is 0 Å². The number of carbonyl (C=O) groups excluding carboxylic acids is 1. The van der Waals surface area contributed by atoms with E-state index in [4.69, 9.17) is 11.6 Å². The van der Waals surface area contributed by atoms with E-state index in [2.05, 4.69) is 28.3 Å². The van der Waals surface area contributed by atoms with Crippen molar-refractivity contribution in [3.8, 4) is 0 Å². The molecule has 0 rings (SSSR count). The molecule has 0 fully saturated rings. The first-order chi connectivity index (χ1) is 5.72. The molecule has 0 aliphatic carbocycles. The fraction of sp³-hybridized carbons (Fsp3) is 0.875. The minimum absolute atomic E-state index is 0.177. The number of nitrogens with one attached hydrogen (secondary N) is 1. The van der Waals surface area contributed by atoms with Crippen molar-refractivity contribution in [1.29, 1.82) is 0 Å². The van der Waals surface area contributed by atoms with Crippen LogP contribution in [-0.2, 0) is 4.79 Å². The molecule has 2 nitrogen and oxygen atoms in total. The minimum atomic E-state index is -0.285. The van der Waals surface area contributed by atoms with E-state index in [-0.39, 0.29) is 11.3 Å². The Kier molecular flexibility index (Phi) is 8.35. The van der Waals surface area contributed by atoms with Crippen LogP contribution in [0, 0.1) is 0 Å². The van der Waals surface area contributed by atoms with Crippen LogP contribution in [0.3, 0.4) is 0 Å². The van der Waals surface area contributed by atoms with Gasteiger partial charge in [0.1, 0.15) is 0 Å². The molecular formula is C8H16ClNOSe. The van der Waals surface area contributed by atoms with Gasteiger partial charge in [0.05, 0.1) is 0 Å². The number of unbranched alkanes of at least 4 members (excludes halogenated alkanes) is 2. The third-order valence-corrected chi connectivity index (χ3v) is 2.66. The summed E-state index contributed by atoms with van der Waals surface area (Å²) in [5.41, 5.74) is 0. The topological polar surface area (TPSA) is 29.1 Å². The van der Waals surface area contributed by atoms with Crippen molar-refractivity contribution in [1.82, 2.24) is 5.32 Å². The third kappa shape index (κ3) is 6.01. The molecule has 12 heavy (non-hydrogen) atoms. The Labute approximate surface area is 87.2 Å². The molecule has 0 aromatic rings. The maximum absolute atomic E-state index is 10.7. The average molecular weight is 257 g/mol. The van der Waals surface area contributed by atoms with Crippen molar-refractivity contribution < 1.29 is 4.79 Å². The number of halogens is 1. The van der Waals surface area contributed by atoms with Crippen LogP contribution < -0.4 is 5.32 Å². The molecular weight excluding hydrogens is 241 g/mol. The molecule has 0 aliphatic rings. The van der Waals surface area contributed by atoms with Gasteiger partial charge in [0.2, 0.25) is 0 Å². The van der Waals surface area contributed by atoms with E-state index >= 15 is 0 Å². The molecule has 0 spiro atoms. The van der Waals surface area contributed by atoms with Gasteiger partial charge in [0.15, 0.2) is 0 Å². The number of hydrogen-bond donors (Lipinski definition) is 1. The first kappa shape index (κ1) is 12.4. The van der Waals surface area contributed by atoms with E-state index in [0.29, 0.717) is 5.32 Å². The van der Waals surface area contributed by atoms with E-state index in [1.807, 2.05) is 0 Å². The zero-order valence-corrected chi connectivity index (χ0v) is 9.98. The molecule has 4 heteroatoms. The molecule has 0 saturated heterocycles. The van der Waals surface area contributed by atoms with Gasteiger partial charge in [-0.15, -0.1) is 0 Å². The van der Waals surface area contributed by atoms with E-state index in [1.54, 1.807) is 0 Å². The second-order valence-electron chi connectivity index (χ2n) is 2.70. The Bertz CT molecular complexity index is 132. The van der Waals surface area contributed by atoms with Gasteiger partial charge in [-0.2, -0.15) is 0 Å². The van der Waals surface area contributed by atoms with Crippen molar-refractivity contribution >= 4 is 32.9 Å². The van der Waals surface area contributed by atoms with Gasteiger partial charge in [0.25, 0.3) is 0 Å². The Hall–Kier alpha value is 0.439. The van der Waals surface area contributed by atoms with Crippen molar-refractivity contribution in [2.45, 2.75) is 37.5 Å². The molecule has 0 bridgehead atoms. The van der Waals surface area contributed by atoms with Crippen molar-refractivity contribution in [2.75, 3.05) is 6.54 Å². The summed E-state index contributed by atoms with van der Waals surface area (Å²) in [6.07, 6.45) is 3.52. The van der Waals surface area contributed by atoms with Crippen LogP contribution in [0.1, 0.15) is 26.2 Å². The maximum atomic E-state index is 10.7. The summed E-state index contributed by atoms with van der Waals surface area (Å²) >= 11 is 7.72. The summed E-state index contributed by atoms with van der Waals surface area (Å²) in [7, 11) is 0. The molecule has 72 valence electrons. The molecule has 0 radical (unpaired) electrons. The van der Waals surface area contributed by atoms with Gasteiger partial charge in [-0.3, -0.25) is 0 Å². The second-order valence-corrected chi connectivity index (χ2v) is 3.84. The van der Waals surface area contributed by atoms with E-state index in [1.165, 1.54) is 12.8 Å². The Morgan fingerprint density at radius 1 is 1.58 bits per heavy atom. The molecule has 0 amide bonds. The average Bonchev–Trinajstić information content (AvgIpc) is 2.04. The van der Waals surface area contributed by atoms with E-state index in [9.17, 15) is 4.79 Å². The third-order valence-electron chi connectivity index (χ3n) is 1.63. The van der Waals surface area contributed by atoms with Crippen molar-refractivity contribution in [3.05, 3.63) is 0 Å². The predicted octanol–water partition coefficient (Wildman–Crippen LogP) is 1.22. The summed E-state index contributed by atoms with van der Waals surface area (Å²) in [6.45, 7) is 3.04. The summed E-state index contributed by atoms with van der Waals surface area (Å²) in [6, 6.07) is -0.177. The monoisotopic (exact) mass is 257 g/mol. The van der Waals surface area contributed by atoms with Crippen LogP contribution in [0.5, 0.6) is 0 Å². The first-order valence-corrected chi connectivity index (χ1v) is 5.96. The zero-order chi connectivity index (χ0) is 9.40. The van der Waals surface area contributed by atoms with Crippen LogP contribution in [0.15, 0.2) is 0 Å². The second kappa shape index (κ2) is 8.06. The van der Waals surface area contributed by atoms with Crippen molar-refractivity contribution in [3.63, 3.8) is 0 Å². The number of hydrogen-bond acceptors (Lipinski definition) is 2. The van der Waals surface area contributed by atoms with Crippen molar-refractivity contribution in [2.24, 2.45) is 0 Å². The molecule has 1 atom stereocenters. The Morgan fingerprint density at radius 3 is 2.67 bits per heavy atom. The van der Waals surface area contributed by atoms with Crippen LogP contribution in [0.4, 0.5) is 0 Å². The fourth-order valence-electron chi connectivity index (χ4n) is 0.868.